The van der Waals surface area contributed by atoms with E-state index in [9.17, 15) is 28.1 Å². The number of fused-ring (bicyclic) bond motifs is 1. The summed E-state index contributed by atoms with van der Waals surface area (Å²) in [5, 5.41) is 19.0. The number of alkyl halides is 3. The number of halogens is 3. The topological polar surface area (TPSA) is 141 Å². The maximum Gasteiger partial charge on any atom is 0.470 e. The van der Waals surface area contributed by atoms with Gasteiger partial charge >= 0.3 is 29.9 Å². The first-order valence-electron chi connectivity index (χ1n) is 9.57. The van der Waals surface area contributed by atoms with Gasteiger partial charge in [-0.3, -0.25) is 19.6 Å². The average Bonchev–Trinajstić information content (AvgIpc) is 3.37. The molecule has 1 aliphatic heterocycles. The number of carbonyl (C=O) groups excluding carboxylic acids is 1. The number of anilines is 1. The van der Waals surface area contributed by atoms with Crippen molar-refractivity contribution in [1.82, 2.24) is 24.6 Å². The van der Waals surface area contributed by atoms with Crippen LogP contribution in [0.4, 0.5) is 25.0 Å². The van der Waals surface area contributed by atoms with Crippen LogP contribution in [-0.4, -0.2) is 55.2 Å². The van der Waals surface area contributed by atoms with Crippen molar-refractivity contribution in [3.05, 3.63) is 57.6 Å². The molecule has 0 radical (unpaired) electrons. The Kier molecular flexibility index (Phi) is 5.95. The van der Waals surface area contributed by atoms with Crippen LogP contribution in [0.3, 0.4) is 0 Å². The highest BCUT2D eigenvalue weighted by atomic mass is 19.4. The number of benzene rings is 1. The average molecular weight is 467 g/mol. The van der Waals surface area contributed by atoms with Crippen molar-refractivity contribution >= 4 is 17.7 Å². The summed E-state index contributed by atoms with van der Waals surface area (Å²) in [5.74, 6) is -2.53. The molecule has 2 aromatic heterocycles. The SMILES string of the molecule is O=C(Nc1nnc(C(F)(F)F)o1)c1ccc(CN2CCOc3nc([N+](=O)[O-])cn3CC2)cc1. The lowest BCUT2D eigenvalue weighted by Crippen LogP contribution is -2.33. The number of nitrogens with zero attached hydrogens (tertiary/aromatic N) is 6. The molecule has 0 unspecified atom stereocenters. The smallest absolute Gasteiger partial charge is 0.444 e. The van der Waals surface area contributed by atoms with E-state index in [2.05, 4.69) is 29.8 Å². The third-order valence-electron chi connectivity index (χ3n) is 4.72. The van der Waals surface area contributed by atoms with Crippen LogP contribution in [-0.2, 0) is 19.3 Å². The molecule has 15 heteroatoms. The summed E-state index contributed by atoms with van der Waals surface area (Å²) in [6.07, 6.45) is -3.48. The predicted molar refractivity (Wildman–Crippen MR) is 103 cm³/mol. The number of hydrogen-bond acceptors (Lipinski definition) is 9. The summed E-state index contributed by atoms with van der Waals surface area (Å²) in [6, 6.07) is 6.00. The number of aromatic nitrogens is 4. The molecule has 3 heterocycles. The molecular weight excluding hydrogens is 451 g/mol. The Morgan fingerprint density at radius 3 is 2.61 bits per heavy atom. The Morgan fingerprint density at radius 1 is 1.18 bits per heavy atom. The van der Waals surface area contributed by atoms with Gasteiger partial charge in [0.2, 0.25) is 0 Å². The van der Waals surface area contributed by atoms with Crippen LogP contribution in [0.1, 0.15) is 21.8 Å². The highest BCUT2D eigenvalue weighted by molar-refractivity contribution is 6.03. The van der Waals surface area contributed by atoms with Gasteiger partial charge in [0.25, 0.3) is 5.91 Å². The van der Waals surface area contributed by atoms with E-state index in [1.807, 2.05) is 0 Å². The Morgan fingerprint density at radius 2 is 1.94 bits per heavy atom. The molecule has 12 nitrogen and oxygen atoms in total. The standard InChI is InChI=1S/C18H16F3N7O5/c19-18(20,21)15-24-25-16(33-15)23-14(29)12-3-1-11(2-4-12)9-26-5-6-27-10-13(28(30)31)22-17(27)32-8-7-26/h1-4,10H,5-9H2,(H,23,25,29). The van der Waals surface area contributed by atoms with Gasteiger partial charge in [0.05, 0.1) is 0 Å². The lowest BCUT2D eigenvalue weighted by atomic mass is 10.1. The van der Waals surface area contributed by atoms with Crippen LogP contribution in [0.2, 0.25) is 0 Å². The number of carbonyl (C=O) groups is 1. The monoisotopic (exact) mass is 467 g/mol. The highest BCUT2D eigenvalue weighted by Crippen LogP contribution is 2.28. The maximum absolute atomic E-state index is 12.5. The van der Waals surface area contributed by atoms with Crippen LogP contribution in [0, 0.1) is 10.1 Å². The molecule has 4 rings (SSSR count). The van der Waals surface area contributed by atoms with E-state index >= 15 is 0 Å². The number of hydrogen-bond donors (Lipinski definition) is 1. The van der Waals surface area contributed by atoms with Crippen LogP contribution in [0.5, 0.6) is 6.01 Å². The van der Waals surface area contributed by atoms with E-state index in [1.54, 1.807) is 16.7 Å². The molecule has 0 saturated carbocycles. The van der Waals surface area contributed by atoms with E-state index < -0.39 is 28.9 Å². The van der Waals surface area contributed by atoms with E-state index in [4.69, 9.17) is 4.74 Å². The molecule has 0 spiro atoms. The van der Waals surface area contributed by atoms with Crippen LogP contribution in [0.25, 0.3) is 0 Å². The number of amides is 1. The number of rotatable bonds is 5. The van der Waals surface area contributed by atoms with Crippen molar-refractivity contribution in [2.24, 2.45) is 0 Å². The van der Waals surface area contributed by atoms with Gasteiger partial charge in [0.15, 0.2) is 0 Å². The number of nitro groups is 1. The first-order valence-corrected chi connectivity index (χ1v) is 9.57. The second-order valence-corrected chi connectivity index (χ2v) is 7.02. The molecule has 0 saturated heterocycles. The fraction of sp³-hybridized carbons (Fsp3) is 0.333. The van der Waals surface area contributed by atoms with E-state index in [-0.39, 0.29) is 17.4 Å². The quantitative estimate of drug-likeness (QED) is 0.442. The van der Waals surface area contributed by atoms with Crippen molar-refractivity contribution in [2.75, 3.05) is 25.0 Å². The molecule has 0 atom stereocenters. The first kappa shape index (κ1) is 22.2. The summed E-state index contributed by atoms with van der Waals surface area (Å²) in [7, 11) is 0. The van der Waals surface area contributed by atoms with Crippen molar-refractivity contribution in [1.29, 1.82) is 0 Å². The molecule has 0 aliphatic carbocycles. The van der Waals surface area contributed by atoms with E-state index in [0.717, 1.165) is 5.56 Å². The third kappa shape index (κ3) is 5.25. The molecule has 1 amide bonds. The summed E-state index contributed by atoms with van der Waals surface area (Å²) >= 11 is 0. The number of imidazole rings is 1. The third-order valence-corrected chi connectivity index (χ3v) is 4.72. The molecule has 1 N–H and O–H groups in total. The molecule has 0 fully saturated rings. The molecule has 174 valence electrons. The first-order chi connectivity index (χ1) is 15.7. The maximum atomic E-state index is 12.5. The minimum atomic E-state index is -4.80. The van der Waals surface area contributed by atoms with Gasteiger partial charge in [-0.15, -0.1) is 5.10 Å². The van der Waals surface area contributed by atoms with Crippen molar-refractivity contribution in [2.45, 2.75) is 19.3 Å². The Labute approximate surface area is 183 Å². The van der Waals surface area contributed by atoms with Crippen LogP contribution in [0.15, 0.2) is 34.9 Å². The zero-order chi connectivity index (χ0) is 23.6. The normalized spacial score (nSPS) is 14.6. The molecule has 0 bridgehead atoms. The summed E-state index contributed by atoms with van der Waals surface area (Å²) in [5.41, 5.74) is 1.07. The Bertz CT molecular complexity index is 1160. The Balaban J connectivity index is 1.34. The highest BCUT2D eigenvalue weighted by Gasteiger charge is 2.38. The molecule has 1 aromatic carbocycles. The molecule has 3 aromatic rings. The van der Waals surface area contributed by atoms with Gasteiger partial charge < -0.3 is 19.3 Å². The fourth-order valence-electron chi connectivity index (χ4n) is 3.11. The van der Waals surface area contributed by atoms with Gasteiger partial charge in [0.1, 0.15) is 12.8 Å². The summed E-state index contributed by atoms with van der Waals surface area (Å²) < 4.78 is 49.0. The minimum absolute atomic E-state index is 0.192. The lowest BCUT2D eigenvalue weighted by Gasteiger charge is -2.24. The fourth-order valence-corrected chi connectivity index (χ4v) is 3.11. The van der Waals surface area contributed by atoms with Crippen LogP contribution >= 0.6 is 0 Å². The molecule has 33 heavy (non-hydrogen) atoms. The van der Waals surface area contributed by atoms with Gasteiger partial charge in [-0.1, -0.05) is 17.2 Å². The largest absolute Gasteiger partial charge is 0.470 e. The zero-order valence-corrected chi connectivity index (χ0v) is 16.8. The van der Waals surface area contributed by atoms with Crippen molar-refractivity contribution < 1.29 is 32.0 Å². The number of ether oxygens (including phenoxy) is 1. The second-order valence-electron chi connectivity index (χ2n) is 7.02. The van der Waals surface area contributed by atoms with Crippen molar-refractivity contribution in [3.63, 3.8) is 0 Å². The Hall–Kier alpha value is -4.01. The molecule has 1 aliphatic rings. The minimum Gasteiger partial charge on any atom is -0.444 e. The lowest BCUT2D eigenvalue weighted by molar-refractivity contribution is -0.389. The molecular formula is C18H16F3N7O5. The van der Waals surface area contributed by atoms with Crippen molar-refractivity contribution in [3.8, 4) is 6.01 Å². The van der Waals surface area contributed by atoms with Gasteiger partial charge in [0, 0.05) is 36.7 Å². The van der Waals surface area contributed by atoms with Gasteiger partial charge in [-0.2, -0.15) is 13.2 Å². The van der Waals surface area contributed by atoms with E-state index in [1.165, 1.54) is 18.3 Å². The summed E-state index contributed by atoms with van der Waals surface area (Å²) in [6.45, 7) is 2.40. The summed E-state index contributed by atoms with van der Waals surface area (Å²) in [4.78, 5) is 28.5. The van der Waals surface area contributed by atoms with Crippen LogP contribution < -0.4 is 10.1 Å². The van der Waals surface area contributed by atoms with E-state index in [0.29, 0.717) is 32.8 Å². The van der Waals surface area contributed by atoms with Gasteiger partial charge in [-0.05, 0) is 22.6 Å². The second kappa shape index (κ2) is 8.85. The predicted octanol–water partition coefficient (Wildman–Crippen LogP) is 2.34. The number of nitrogens with one attached hydrogen (secondary N) is 1. The zero-order valence-electron chi connectivity index (χ0n) is 16.8. The van der Waals surface area contributed by atoms with Gasteiger partial charge in [-0.25, -0.2) is 0 Å².